The average Bonchev–Trinajstić information content (AvgIpc) is 3.44. The van der Waals surface area contributed by atoms with Gasteiger partial charge in [0.1, 0.15) is 11.4 Å². The van der Waals surface area contributed by atoms with Crippen molar-refractivity contribution in [3.63, 3.8) is 0 Å². The molecule has 1 aromatic rings. The molecule has 170 valence electrons. The van der Waals surface area contributed by atoms with E-state index in [1.165, 1.54) is 25.3 Å². The number of esters is 1. The zero-order valence-electron chi connectivity index (χ0n) is 17.4. The number of carbonyl (C=O) groups is 4. The number of nitrogens with one attached hydrogen (secondary N) is 1. The third-order valence-electron chi connectivity index (χ3n) is 6.60. The van der Waals surface area contributed by atoms with Crippen molar-refractivity contribution in [1.29, 1.82) is 0 Å². The molecule has 3 aliphatic rings. The second-order valence-electron chi connectivity index (χ2n) is 8.31. The summed E-state index contributed by atoms with van der Waals surface area (Å²) < 4.78 is 9.90. The molecule has 1 N–H and O–H groups in total. The van der Waals surface area contributed by atoms with Crippen molar-refractivity contribution >= 4 is 35.1 Å². The Bertz CT molecular complexity index is 965. The van der Waals surface area contributed by atoms with Crippen molar-refractivity contribution in [2.24, 2.45) is 23.7 Å². The molecule has 1 saturated heterocycles. The van der Waals surface area contributed by atoms with E-state index >= 15 is 0 Å². The largest absolute Gasteiger partial charge is 0.497 e. The number of amides is 3. The van der Waals surface area contributed by atoms with Crippen LogP contribution in [0.3, 0.4) is 0 Å². The van der Waals surface area contributed by atoms with Crippen molar-refractivity contribution in [2.45, 2.75) is 25.7 Å². The summed E-state index contributed by atoms with van der Waals surface area (Å²) in [5, 5.41) is 13.4. The van der Waals surface area contributed by atoms with Crippen LogP contribution in [0.25, 0.3) is 0 Å². The van der Waals surface area contributed by atoms with E-state index in [0.29, 0.717) is 5.75 Å². The van der Waals surface area contributed by atoms with Crippen LogP contribution in [0, 0.1) is 33.8 Å². The zero-order chi connectivity index (χ0) is 23.0. The van der Waals surface area contributed by atoms with Gasteiger partial charge in [-0.2, -0.15) is 0 Å². The van der Waals surface area contributed by atoms with Crippen LogP contribution >= 0.6 is 0 Å². The van der Waals surface area contributed by atoms with Crippen LogP contribution in [-0.4, -0.2) is 53.8 Å². The third kappa shape index (κ3) is 3.90. The molecular weight excluding hydrogens is 422 g/mol. The van der Waals surface area contributed by atoms with Gasteiger partial charge in [-0.25, -0.2) is 0 Å². The zero-order valence-corrected chi connectivity index (χ0v) is 17.4. The van der Waals surface area contributed by atoms with Gasteiger partial charge in [0, 0.05) is 18.7 Å². The second-order valence-corrected chi connectivity index (χ2v) is 8.31. The number of nitro benzene ring substituents is 1. The Kier molecular flexibility index (Phi) is 5.81. The number of likely N-dealkylation sites (tertiary alicyclic amines) is 1. The van der Waals surface area contributed by atoms with E-state index in [2.05, 4.69) is 5.32 Å². The Labute approximate surface area is 183 Å². The van der Waals surface area contributed by atoms with Crippen molar-refractivity contribution < 1.29 is 33.6 Å². The number of nitrogens with zero attached hydrogens (tertiary/aromatic N) is 2. The van der Waals surface area contributed by atoms with Crippen LogP contribution in [0.5, 0.6) is 5.75 Å². The molecule has 0 unspecified atom stereocenters. The van der Waals surface area contributed by atoms with Gasteiger partial charge < -0.3 is 14.8 Å². The van der Waals surface area contributed by atoms with E-state index in [9.17, 15) is 29.3 Å². The molecule has 0 radical (unpaired) electrons. The average molecular weight is 445 g/mol. The topological polar surface area (TPSA) is 145 Å². The number of nitro groups is 1. The molecule has 4 rings (SSSR count). The standard InChI is InChI=1S/C21H23N3O8/c1-31-13-4-5-15(24(29)30)14(9-13)22-16(25)10-32-17(26)6-7-23-20(27)18-11-2-3-12(8-11)19(18)21(23)28/h4-5,9,11-12,18-19H,2-3,6-8,10H2,1H3,(H,22,25)/t11-,12-,18-,19-/m0/s1. The summed E-state index contributed by atoms with van der Waals surface area (Å²) in [5.41, 5.74) is -0.430. The van der Waals surface area contributed by atoms with E-state index in [-0.39, 0.29) is 59.8 Å². The van der Waals surface area contributed by atoms with Crippen LogP contribution in [0.2, 0.25) is 0 Å². The van der Waals surface area contributed by atoms with E-state index < -0.39 is 23.4 Å². The van der Waals surface area contributed by atoms with Gasteiger partial charge in [-0.3, -0.25) is 34.2 Å². The number of hydrogen-bond donors (Lipinski definition) is 1. The number of imide groups is 1. The summed E-state index contributed by atoms with van der Waals surface area (Å²) in [4.78, 5) is 61.0. The predicted molar refractivity (Wildman–Crippen MR) is 108 cm³/mol. The van der Waals surface area contributed by atoms with Gasteiger partial charge in [0.25, 0.3) is 11.6 Å². The Morgan fingerprint density at radius 3 is 2.44 bits per heavy atom. The van der Waals surface area contributed by atoms with Crippen molar-refractivity contribution in [3.05, 3.63) is 28.3 Å². The molecule has 1 aliphatic heterocycles. The van der Waals surface area contributed by atoms with Gasteiger partial charge in [0.05, 0.1) is 30.3 Å². The number of methoxy groups -OCH3 is 1. The monoisotopic (exact) mass is 445 g/mol. The van der Waals surface area contributed by atoms with Crippen molar-refractivity contribution in [2.75, 3.05) is 25.6 Å². The van der Waals surface area contributed by atoms with Crippen LogP contribution in [0.1, 0.15) is 25.7 Å². The highest BCUT2D eigenvalue weighted by Crippen LogP contribution is 2.56. The Morgan fingerprint density at radius 1 is 1.19 bits per heavy atom. The van der Waals surface area contributed by atoms with Gasteiger partial charge in [0.15, 0.2) is 6.61 Å². The van der Waals surface area contributed by atoms with Crippen molar-refractivity contribution in [3.8, 4) is 5.75 Å². The second kappa shape index (κ2) is 8.56. The lowest BCUT2D eigenvalue weighted by molar-refractivity contribution is -0.383. The fourth-order valence-electron chi connectivity index (χ4n) is 5.20. The number of benzene rings is 1. The maximum Gasteiger partial charge on any atom is 0.308 e. The molecule has 2 bridgehead atoms. The summed E-state index contributed by atoms with van der Waals surface area (Å²) in [5.74, 6) is -1.59. The predicted octanol–water partition coefficient (Wildman–Crippen LogP) is 1.51. The molecule has 0 spiro atoms. The molecule has 11 heteroatoms. The van der Waals surface area contributed by atoms with Gasteiger partial charge in [-0.15, -0.1) is 0 Å². The molecule has 2 aliphatic carbocycles. The van der Waals surface area contributed by atoms with Gasteiger partial charge in [-0.05, 0) is 37.2 Å². The van der Waals surface area contributed by atoms with E-state index in [1.54, 1.807) is 0 Å². The van der Waals surface area contributed by atoms with Crippen LogP contribution in [-0.2, 0) is 23.9 Å². The van der Waals surface area contributed by atoms with E-state index in [4.69, 9.17) is 9.47 Å². The fourth-order valence-corrected chi connectivity index (χ4v) is 5.20. The maximum absolute atomic E-state index is 12.6. The maximum atomic E-state index is 12.6. The molecule has 32 heavy (non-hydrogen) atoms. The first-order valence-electron chi connectivity index (χ1n) is 10.4. The van der Waals surface area contributed by atoms with Gasteiger partial charge >= 0.3 is 5.97 Å². The summed E-state index contributed by atoms with van der Waals surface area (Å²) in [6.07, 6.45) is 2.66. The molecule has 4 atom stereocenters. The first-order valence-corrected chi connectivity index (χ1v) is 10.4. The highest BCUT2D eigenvalue weighted by atomic mass is 16.6. The van der Waals surface area contributed by atoms with E-state index in [1.807, 2.05) is 0 Å². The third-order valence-corrected chi connectivity index (χ3v) is 6.60. The number of ether oxygens (including phenoxy) is 2. The number of hydrogen-bond acceptors (Lipinski definition) is 8. The quantitative estimate of drug-likeness (QED) is 0.274. The lowest BCUT2D eigenvalue weighted by Crippen LogP contribution is -2.35. The van der Waals surface area contributed by atoms with Crippen LogP contribution in [0.15, 0.2) is 18.2 Å². The highest BCUT2D eigenvalue weighted by Gasteiger charge is 2.60. The van der Waals surface area contributed by atoms with Crippen LogP contribution < -0.4 is 10.1 Å². The smallest absolute Gasteiger partial charge is 0.308 e. The summed E-state index contributed by atoms with van der Waals surface area (Å²) in [6, 6.07) is 3.85. The summed E-state index contributed by atoms with van der Waals surface area (Å²) in [6.45, 7) is -0.740. The molecule has 1 aromatic carbocycles. The Balaban J connectivity index is 1.27. The molecular formula is C21H23N3O8. The molecule has 11 nitrogen and oxygen atoms in total. The number of fused-ring (bicyclic) bond motifs is 5. The number of anilines is 1. The normalized spacial score (nSPS) is 25.6. The van der Waals surface area contributed by atoms with Gasteiger partial charge in [0.2, 0.25) is 11.8 Å². The number of carbonyl (C=O) groups excluding carboxylic acids is 4. The first kappa shape index (κ1) is 21.7. The van der Waals surface area contributed by atoms with Crippen LogP contribution in [0.4, 0.5) is 11.4 Å². The minimum Gasteiger partial charge on any atom is -0.497 e. The Morgan fingerprint density at radius 2 is 1.84 bits per heavy atom. The first-order chi connectivity index (χ1) is 15.3. The lowest BCUT2D eigenvalue weighted by atomic mass is 9.81. The minimum absolute atomic E-state index is 0.0775. The Hall–Kier alpha value is -3.50. The molecule has 3 amide bonds. The SMILES string of the molecule is COc1ccc([N+](=O)[O-])c(NC(=O)COC(=O)CCN2C(=O)[C@H]3[C@H]4CC[C@@H](C4)[C@@H]3C2=O)c1. The molecule has 0 aromatic heterocycles. The fraction of sp³-hybridized carbons (Fsp3) is 0.524. The van der Waals surface area contributed by atoms with Gasteiger partial charge in [-0.1, -0.05) is 0 Å². The molecule has 2 saturated carbocycles. The minimum atomic E-state index is -0.769. The molecule has 3 fully saturated rings. The number of rotatable bonds is 8. The van der Waals surface area contributed by atoms with E-state index in [0.717, 1.165) is 24.2 Å². The lowest BCUT2D eigenvalue weighted by Gasteiger charge is -2.19. The highest BCUT2D eigenvalue weighted by molar-refractivity contribution is 6.06. The molecule has 1 heterocycles. The summed E-state index contributed by atoms with van der Waals surface area (Å²) >= 11 is 0. The van der Waals surface area contributed by atoms with Crippen molar-refractivity contribution in [1.82, 2.24) is 4.90 Å². The summed E-state index contributed by atoms with van der Waals surface area (Å²) in [7, 11) is 1.38.